The summed E-state index contributed by atoms with van der Waals surface area (Å²) in [7, 11) is 0. The zero-order valence-electron chi connectivity index (χ0n) is 5.89. The number of aromatic amines is 1. The molecular formula is C9H9N. The molecule has 0 unspecified atom stereocenters. The normalized spacial score (nSPS) is 10.5. The molecule has 0 aliphatic carbocycles. The van der Waals surface area contributed by atoms with E-state index in [2.05, 4.69) is 36.2 Å². The van der Waals surface area contributed by atoms with Crippen LogP contribution in [0.4, 0.5) is 0 Å². The molecule has 0 saturated carbocycles. The monoisotopic (exact) mass is 131 g/mol. The summed E-state index contributed by atoms with van der Waals surface area (Å²) in [4.78, 5) is 3.15. The van der Waals surface area contributed by atoms with Crippen LogP contribution in [-0.2, 0) is 0 Å². The van der Waals surface area contributed by atoms with Gasteiger partial charge in [-0.05, 0) is 30.5 Å². The highest BCUT2D eigenvalue weighted by Gasteiger charge is 1.90. The molecule has 0 fully saturated rings. The Morgan fingerprint density at radius 2 is 2.10 bits per heavy atom. The highest BCUT2D eigenvalue weighted by molar-refractivity contribution is 5.79. The van der Waals surface area contributed by atoms with E-state index in [9.17, 15) is 0 Å². The summed E-state index contributed by atoms with van der Waals surface area (Å²) in [6.45, 7) is 2.10. The first-order valence-corrected chi connectivity index (χ1v) is 3.40. The van der Waals surface area contributed by atoms with Crippen LogP contribution in [-0.4, -0.2) is 4.98 Å². The van der Waals surface area contributed by atoms with Crippen LogP contribution in [0.2, 0.25) is 0 Å². The molecule has 1 heteroatoms. The lowest BCUT2D eigenvalue weighted by atomic mass is 10.2. The number of aryl methyl sites for hydroxylation is 1. The molecule has 1 aromatic carbocycles. The van der Waals surface area contributed by atoms with E-state index in [4.69, 9.17) is 0 Å². The second kappa shape index (κ2) is 1.87. The second-order valence-electron chi connectivity index (χ2n) is 2.57. The van der Waals surface area contributed by atoms with Gasteiger partial charge in [0.15, 0.2) is 0 Å². The third kappa shape index (κ3) is 0.711. The summed E-state index contributed by atoms with van der Waals surface area (Å²) in [5.74, 6) is 0. The fourth-order valence-corrected chi connectivity index (χ4v) is 1.17. The van der Waals surface area contributed by atoms with Gasteiger partial charge in [-0.1, -0.05) is 11.6 Å². The molecule has 1 nitrogen and oxygen atoms in total. The molecule has 2 rings (SSSR count). The number of rotatable bonds is 0. The Morgan fingerprint density at radius 1 is 1.20 bits per heavy atom. The molecule has 1 heterocycles. The van der Waals surface area contributed by atoms with Crippen molar-refractivity contribution < 1.29 is 0 Å². The fraction of sp³-hybridized carbons (Fsp3) is 0.111. The SMILES string of the molecule is Cc1ccc2[nH]ccc2c1. The molecule has 0 aliphatic heterocycles. The average Bonchev–Trinajstić information content (AvgIpc) is 2.33. The summed E-state index contributed by atoms with van der Waals surface area (Å²) in [5, 5.41) is 1.29. The van der Waals surface area contributed by atoms with Crippen molar-refractivity contribution in [2.24, 2.45) is 0 Å². The molecule has 0 spiro atoms. The predicted octanol–water partition coefficient (Wildman–Crippen LogP) is 2.48. The Balaban J connectivity index is 2.86. The van der Waals surface area contributed by atoms with E-state index in [0.29, 0.717) is 0 Å². The summed E-state index contributed by atoms with van der Waals surface area (Å²) in [6.07, 6.45) is 1.96. The summed E-state index contributed by atoms with van der Waals surface area (Å²) in [6, 6.07) is 8.47. The Kier molecular flexibility index (Phi) is 1.04. The lowest BCUT2D eigenvalue weighted by molar-refractivity contribution is 1.46. The average molecular weight is 131 g/mol. The molecule has 50 valence electrons. The Morgan fingerprint density at radius 3 is 3.00 bits per heavy atom. The number of fused-ring (bicyclic) bond motifs is 1. The van der Waals surface area contributed by atoms with Gasteiger partial charge >= 0.3 is 0 Å². The van der Waals surface area contributed by atoms with Gasteiger partial charge in [-0.15, -0.1) is 0 Å². The quantitative estimate of drug-likeness (QED) is 0.565. The molecule has 1 N–H and O–H groups in total. The van der Waals surface area contributed by atoms with Crippen molar-refractivity contribution in [2.45, 2.75) is 6.92 Å². The molecular weight excluding hydrogens is 122 g/mol. The Labute approximate surface area is 59.7 Å². The van der Waals surface area contributed by atoms with Crippen LogP contribution in [0.25, 0.3) is 10.9 Å². The molecule has 10 heavy (non-hydrogen) atoms. The molecule has 0 aliphatic rings. The maximum Gasteiger partial charge on any atom is 0.0454 e. The minimum absolute atomic E-state index is 1.21. The summed E-state index contributed by atoms with van der Waals surface area (Å²) >= 11 is 0. The van der Waals surface area contributed by atoms with E-state index in [1.165, 1.54) is 16.5 Å². The molecule has 0 amide bonds. The topological polar surface area (TPSA) is 15.8 Å². The zero-order chi connectivity index (χ0) is 6.97. The van der Waals surface area contributed by atoms with Gasteiger partial charge in [-0.25, -0.2) is 0 Å². The van der Waals surface area contributed by atoms with Crippen molar-refractivity contribution in [1.29, 1.82) is 0 Å². The maximum absolute atomic E-state index is 3.15. The molecule has 0 radical (unpaired) electrons. The van der Waals surface area contributed by atoms with Gasteiger partial charge in [-0.3, -0.25) is 0 Å². The number of H-pyrrole nitrogens is 1. The number of hydrogen-bond acceptors (Lipinski definition) is 0. The lowest BCUT2D eigenvalue weighted by Crippen LogP contribution is -1.69. The van der Waals surface area contributed by atoms with E-state index in [0.717, 1.165) is 0 Å². The standard InChI is InChI=1S/C9H9N/c1-7-2-3-9-8(6-7)4-5-10-9/h2-6,10H,1H3. The van der Waals surface area contributed by atoms with Crippen molar-refractivity contribution >= 4 is 10.9 Å². The van der Waals surface area contributed by atoms with Gasteiger partial charge < -0.3 is 4.98 Å². The Bertz CT molecular complexity index is 346. The number of benzene rings is 1. The van der Waals surface area contributed by atoms with Crippen LogP contribution in [0.5, 0.6) is 0 Å². The third-order valence-corrected chi connectivity index (χ3v) is 1.71. The smallest absolute Gasteiger partial charge is 0.0454 e. The molecule has 0 atom stereocenters. The van der Waals surface area contributed by atoms with Crippen LogP contribution in [0.15, 0.2) is 30.5 Å². The van der Waals surface area contributed by atoms with Gasteiger partial charge in [0.2, 0.25) is 0 Å². The minimum atomic E-state index is 1.21. The molecule has 1 aromatic heterocycles. The van der Waals surface area contributed by atoms with Gasteiger partial charge in [0.1, 0.15) is 0 Å². The van der Waals surface area contributed by atoms with Crippen LogP contribution in [0.3, 0.4) is 0 Å². The lowest BCUT2D eigenvalue weighted by Gasteiger charge is -1.90. The van der Waals surface area contributed by atoms with Crippen LogP contribution >= 0.6 is 0 Å². The number of hydrogen-bond donors (Lipinski definition) is 1. The van der Waals surface area contributed by atoms with E-state index in [1.54, 1.807) is 0 Å². The molecule has 0 bridgehead atoms. The van der Waals surface area contributed by atoms with Crippen molar-refractivity contribution in [3.8, 4) is 0 Å². The van der Waals surface area contributed by atoms with E-state index in [1.807, 2.05) is 6.20 Å². The first kappa shape index (κ1) is 5.54. The third-order valence-electron chi connectivity index (χ3n) is 1.71. The van der Waals surface area contributed by atoms with Crippen molar-refractivity contribution in [2.75, 3.05) is 0 Å². The van der Waals surface area contributed by atoms with Gasteiger partial charge in [0.05, 0.1) is 0 Å². The first-order chi connectivity index (χ1) is 4.86. The van der Waals surface area contributed by atoms with Crippen LogP contribution in [0.1, 0.15) is 5.56 Å². The van der Waals surface area contributed by atoms with E-state index < -0.39 is 0 Å². The molecule has 2 aromatic rings. The minimum Gasteiger partial charge on any atom is -0.361 e. The molecule has 0 saturated heterocycles. The van der Waals surface area contributed by atoms with Gasteiger partial charge in [0.25, 0.3) is 0 Å². The predicted molar refractivity (Wildman–Crippen MR) is 43.0 cm³/mol. The summed E-state index contributed by atoms with van der Waals surface area (Å²) < 4.78 is 0. The van der Waals surface area contributed by atoms with Gasteiger partial charge in [0, 0.05) is 11.7 Å². The maximum atomic E-state index is 3.15. The summed E-state index contributed by atoms with van der Waals surface area (Å²) in [5.41, 5.74) is 2.53. The fourth-order valence-electron chi connectivity index (χ4n) is 1.17. The highest BCUT2D eigenvalue weighted by Crippen LogP contribution is 2.12. The number of aromatic nitrogens is 1. The highest BCUT2D eigenvalue weighted by atomic mass is 14.7. The van der Waals surface area contributed by atoms with Crippen molar-refractivity contribution in [3.05, 3.63) is 36.0 Å². The van der Waals surface area contributed by atoms with Gasteiger partial charge in [-0.2, -0.15) is 0 Å². The first-order valence-electron chi connectivity index (χ1n) is 3.40. The number of nitrogens with one attached hydrogen (secondary N) is 1. The largest absolute Gasteiger partial charge is 0.361 e. The van der Waals surface area contributed by atoms with E-state index in [-0.39, 0.29) is 0 Å². The Hall–Kier alpha value is -1.24. The van der Waals surface area contributed by atoms with Crippen molar-refractivity contribution in [1.82, 2.24) is 4.98 Å². The van der Waals surface area contributed by atoms with Crippen LogP contribution in [0, 0.1) is 6.92 Å². The zero-order valence-corrected chi connectivity index (χ0v) is 5.89. The van der Waals surface area contributed by atoms with Crippen molar-refractivity contribution in [3.63, 3.8) is 0 Å². The second-order valence-corrected chi connectivity index (χ2v) is 2.57. The van der Waals surface area contributed by atoms with E-state index >= 15 is 0 Å². The van der Waals surface area contributed by atoms with Crippen LogP contribution < -0.4 is 0 Å².